The van der Waals surface area contributed by atoms with Gasteiger partial charge in [-0.2, -0.15) is 0 Å². The summed E-state index contributed by atoms with van der Waals surface area (Å²) in [5, 5.41) is 11.9. The van der Waals surface area contributed by atoms with E-state index in [0.29, 0.717) is 25.0 Å². The lowest BCUT2D eigenvalue weighted by atomic mass is 10.0. The topological polar surface area (TPSA) is 84.2 Å². The molecule has 1 fully saturated rings. The average molecular weight is 277 g/mol. The van der Waals surface area contributed by atoms with Crippen molar-refractivity contribution < 1.29 is 8.42 Å². The molecule has 0 radical (unpaired) electrons. The molecule has 4 N–H and O–H groups in total. The Hall–Kier alpha value is -0.170. The van der Waals surface area contributed by atoms with Crippen LogP contribution < -0.4 is 15.8 Å². The van der Waals surface area contributed by atoms with E-state index >= 15 is 0 Å². The van der Waals surface area contributed by atoms with Crippen molar-refractivity contribution in [1.29, 1.82) is 0 Å². The van der Waals surface area contributed by atoms with Gasteiger partial charge in [-0.1, -0.05) is 12.8 Å². The van der Waals surface area contributed by atoms with Gasteiger partial charge in [0, 0.05) is 12.1 Å². The Morgan fingerprint density at radius 1 is 1.39 bits per heavy atom. The third kappa shape index (κ3) is 8.02. The molecule has 0 amide bonds. The number of nitrogens with two attached hydrogens (primary N) is 1. The number of primary sulfonamides is 1. The Balaban J connectivity index is 2.10. The van der Waals surface area contributed by atoms with Crippen LogP contribution in [0.15, 0.2) is 0 Å². The van der Waals surface area contributed by atoms with Gasteiger partial charge < -0.3 is 10.6 Å². The van der Waals surface area contributed by atoms with Gasteiger partial charge in [0.1, 0.15) is 0 Å². The van der Waals surface area contributed by atoms with Crippen LogP contribution in [-0.2, 0) is 10.0 Å². The van der Waals surface area contributed by atoms with Gasteiger partial charge in [0.05, 0.1) is 5.75 Å². The Morgan fingerprint density at radius 2 is 2.17 bits per heavy atom. The van der Waals surface area contributed by atoms with E-state index in [0.717, 1.165) is 13.0 Å². The smallest absolute Gasteiger partial charge is 0.209 e. The maximum atomic E-state index is 10.8. The summed E-state index contributed by atoms with van der Waals surface area (Å²) < 4.78 is 21.5. The molecule has 1 rings (SSSR count). The van der Waals surface area contributed by atoms with Gasteiger partial charge in [0.2, 0.25) is 10.0 Å². The fourth-order valence-corrected chi connectivity index (χ4v) is 2.98. The van der Waals surface area contributed by atoms with Gasteiger partial charge in [-0.15, -0.1) is 0 Å². The van der Waals surface area contributed by atoms with Crippen LogP contribution in [0.1, 0.15) is 45.4 Å². The van der Waals surface area contributed by atoms with Crippen molar-refractivity contribution in [2.24, 2.45) is 5.14 Å². The lowest BCUT2D eigenvalue weighted by Crippen LogP contribution is -2.37. The van der Waals surface area contributed by atoms with Crippen molar-refractivity contribution in [3.8, 4) is 0 Å². The molecule has 0 spiro atoms. The Kier molecular flexibility index (Phi) is 7.14. The zero-order valence-corrected chi connectivity index (χ0v) is 12.1. The molecule has 0 bridgehead atoms. The molecule has 1 saturated heterocycles. The molecule has 5 nitrogen and oxygen atoms in total. The van der Waals surface area contributed by atoms with Gasteiger partial charge in [-0.05, 0) is 45.7 Å². The summed E-state index contributed by atoms with van der Waals surface area (Å²) in [5.74, 6) is 0.0639. The van der Waals surface area contributed by atoms with Crippen molar-refractivity contribution in [1.82, 2.24) is 10.6 Å². The summed E-state index contributed by atoms with van der Waals surface area (Å²) in [4.78, 5) is 0. The SMILES string of the molecule is CC(CC1CCCCCN1)NCCCS(N)(=O)=O. The number of hydrogen-bond donors (Lipinski definition) is 3. The van der Waals surface area contributed by atoms with Crippen LogP contribution in [0.3, 0.4) is 0 Å². The predicted octanol–water partition coefficient (Wildman–Crippen LogP) is 0.565. The third-order valence-electron chi connectivity index (χ3n) is 3.40. The highest BCUT2D eigenvalue weighted by atomic mass is 32.2. The molecule has 108 valence electrons. The fourth-order valence-electron chi connectivity index (χ4n) is 2.43. The van der Waals surface area contributed by atoms with E-state index in [9.17, 15) is 8.42 Å². The Labute approximate surface area is 111 Å². The van der Waals surface area contributed by atoms with Crippen LogP contribution in [0.4, 0.5) is 0 Å². The lowest BCUT2D eigenvalue weighted by Gasteiger charge is -2.21. The Bertz CT molecular complexity index is 311. The van der Waals surface area contributed by atoms with Crippen LogP contribution >= 0.6 is 0 Å². The molecule has 0 saturated carbocycles. The summed E-state index contributed by atoms with van der Waals surface area (Å²) in [6.07, 6.45) is 6.88. The van der Waals surface area contributed by atoms with E-state index in [1.807, 2.05) is 0 Å². The molecular formula is C12H27N3O2S. The van der Waals surface area contributed by atoms with E-state index in [1.165, 1.54) is 25.7 Å². The minimum atomic E-state index is -3.31. The van der Waals surface area contributed by atoms with Gasteiger partial charge in [0.25, 0.3) is 0 Å². The van der Waals surface area contributed by atoms with Gasteiger partial charge in [-0.25, -0.2) is 13.6 Å². The summed E-state index contributed by atoms with van der Waals surface area (Å²) in [6.45, 7) is 4.00. The van der Waals surface area contributed by atoms with Crippen molar-refractivity contribution >= 4 is 10.0 Å². The molecule has 1 heterocycles. The molecule has 1 aliphatic heterocycles. The van der Waals surface area contributed by atoms with Crippen LogP contribution in [0.5, 0.6) is 0 Å². The first-order chi connectivity index (χ1) is 8.47. The largest absolute Gasteiger partial charge is 0.314 e. The Morgan fingerprint density at radius 3 is 2.89 bits per heavy atom. The van der Waals surface area contributed by atoms with Crippen LogP contribution in [0, 0.1) is 0 Å². The normalized spacial score (nSPS) is 23.6. The van der Waals surface area contributed by atoms with Gasteiger partial charge >= 0.3 is 0 Å². The number of hydrogen-bond acceptors (Lipinski definition) is 4. The molecule has 0 aromatic heterocycles. The fraction of sp³-hybridized carbons (Fsp3) is 1.00. The highest BCUT2D eigenvalue weighted by Crippen LogP contribution is 2.12. The molecule has 6 heteroatoms. The summed E-state index contributed by atoms with van der Waals surface area (Å²) in [7, 11) is -3.31. The minimum Gasteiger partial charge on any atom is -0.314 e. The predicted molar refractivity (Wildman–Crippen MR) is 74.9 cm³/mol. The van der Waals surface area contributed by atoms with Gasteiger partial charge in [0.15, 0.2) is 0 Å². The number of rotatable bonds is 7. The summed E-state index contributed by atoms with van der Waals surface area (Å²) in [5.41, 5.74) is 0. The first kappa shape index (κ1) is 15.9. The standard InChI is InChI=1S/C12H27N3O2S/c1-11(14-8-5-9-18(13,16)17)10-12-6-3-2-4-7-15-12/h11-12,14-15H,2-10H2,1H3,(H2,13,16,17). The van der Waals surface area contributed by atoms with Crippen LogP contribution in [-0.4, -0.2) is 39.3 Å². The molecular weight excluding hydrogens is 250 g/mol. The van der Waals surface area contributed by atoms with E-state index in [-0.39, 0.29) is 5.75 Å². The van der Waals surface area contributed by atoms with Crippen molar-refractivity contribution in [2.45, 2.75) is 57.5 Å². The zero-order chi connectivity index (χ0) is 13.4. The van der Waals surface area contributed by atoms with Crippen LogP contribution in [0.2, 0.25) is 0 Å². The second kappa shape index (κ2) is 8.09. The number of sulfonamides is 1. The van der Waals surface area contributed by atoms with E-state index in [1.54, 1.807) is 0 Å². The molecule has 2 unspecified atom stereocenters. The highest BCUT2D eigenvalue weighted by Gasteiger charge is 2.14. The molecule has 2 atom stereocenters. The van der Waals surface area contributed by atoms with E-state index in [2.05, 4.69) is 17.6 Å². The molecule has 0 aromatic carbocycles. The molecule has 0 aromatic rings. The zero-order valence-electron chi connectivity index (χ0n) is 11.3. The highest BCUT2D eigenvalue weighted by molar-refractivity contribution is 7.89. The third-order valence-corrected chi connectivity index (χ3v) is 4.26. The maximum Gasteiger partial charge on any atom is 0.209 e. The lowest BCUT2D eigenvalue weighted by molar-refractivity contribution is 0.403. The van der Waals surface area contributed by atoms with Crippen molar-refractivity contribution in [2.75, 3.05) is 18.8 Å². The van der Waals surface area contributed by atoms with E-state index in [4.69, 9.17) is 5.14 Å². The molecule has 0 aliphatic carbocycles. The van der Waals surface area contributed by atoms with Crippen molar-refractivity contribution in [3.63, 3.8) is 0 Å². The first-order valence-corrected chi connectivity index (χ1v) is 8.66. The maximum absolute atomic E-state index is 10.8. The first-order valence-electron chi connectivity index (χ1n) is 6.94. The van der Waals surface area contributed by atoms with Crippen molar-refractivity contribution in [3.05, 3.63) is 0 Å². The number of nitrogens with one attached hydrogen (secondary N) is 2. The second-order valence-corrected chi connectivity index (χ2v) is 7.05. The molecule has 1 aliphatic rings. The minimum absolute atomic E-state index is 0.0639. The van der Waals surface area contributed by atoms with E-state index < -0.39 is 10.0 Å². The quantitative estimate of drug-likeness (QED) is 0.594. The summed E-state index contributed by atoms with van der Waals surface area (Å²) >= 11 is 0. The van der Waals surface area contributed by atoms with Crippen LogP contribution in [0.25, 0.3) is 0 Å². The molecule has 18 heavy (non-hydrogen) atoms. The monoisotopic (exact) mass is 277 g/mol. The summed E-state index contributed by atoms with van der Waals surface area (Å²) in [6, 6.07) is 1.02. The second-order valence-electron chi connectivity index (χ2n) is 5.31. The average Bonchev–Trinajstić information content (AvgIpc) is 2.52. The van der Waals surface area contributed by atoms with Gasteiger partial charge in [-0.3, -0.25) is 0 Å².